The molecule has 0 bridgehead atoms. The molecule has 7 heteroatoms. The number of carboxylic acid groups (broad SMARTS) is 1. The van der Waals surface area contributed by atoms with Crippen LogP contribution in [-0.4, -0.2) is 60.1 Å². The number of nitrogens with zero attached hydrogens (tertiary/aromatic N) is 1. The molecule has 1 heterocycles. The molecule has 1 fully saturated rings. The van der Waals surface area contributed by atoms with Gasteiger partial charge in [-0.15, -0.1) is 0 Å². The van der Waals surface area contributed by atoms with Gasteiger partial charge in [-0.3, -0.25) is 14.4 Å². The molecule has 1 atom stereocenters. The second-order valence-corrected chi connectivity index (χ2v) is 4.12. The van der Waals surface area contributed by atoms with Crippen LogP contribution in [0.1, 0.15) is 19.8 Å². The van der Waals surface area contributed by atoms with Crippen molar-refractivity contribution in [2.75, 3.05) is 26.3 Å². The van der Waals surface area contributed by atoms with E-state index < -0.39 is 17.9 Å². The van der Waals surface area contributed by atoms with Crippen LogP contribution in [0.3, 0.4) is 0 Å². The Hall–Kier alpha value is -1.63. The van der Waals surface area contributed by atoms with Crippen LogP contribution in [0.5, 0.6) is 0 Å². The zero-order chi connectivity index (χ0) is 13.5. The van der Waals surface area contributed by atoms with E-state index in [4.69, 9.17) is 9.84 Å². The number of nitrogens with one attached hydrogen (secondary N) is 1. The van der Waals surface area contributed by atoms with Gasteiger partial charge in [0, 0.05) is 25.9 Å². The predicted molar refractivity (Wildman–Crippen MR) is 61.9 cm³/mol. The summed E-state index contributed by atoms with van der Waals surface area (Å²) in [6, 6.07) is -0.934. The molecule has 1 saturated heterocycles. The number of hydrogen-bond acceptors (Lipinski definition) is 4. The van der Waals surface area contributed by atoms with Gasteiger partial charge in [-0.1, -0.05) is 0 Å². The third kappa shape index (κ3) is 4.70. The first-order valence-electron chi connectivity index (χ1n) is 5.88. The van der Waals surface area contributed by atoms with Crippen LogP contribution in [-0.2, 0) is 19.1 Å². The molecule has 2 amide bonds. The Morgan fingerprint density at radius 3 is 2.44 bits per heavy atom. The topological polar surface area (TPSA) is 95.9 Å². The van der Waals surface area contributed by atoms with Gasteiger partial charge < -0.3 is 20.1 Å². The normalized spacial score (nSPS) is 17.1. The first kappa shape index (κ1) is 14.4. The molecule has 0 aromatic carbocycles. The van der Waals surface area contributed by atoms with Gasteiger partial charge in [0.2, 0.25) is 11.8 Å². The van der Waals surface area contributed by atoms with Crippen molar-refractivity contribution in [3.8, 4) is 0 Å². The highest BCUT2D eigenvalue weighted by Gasteiger charge is 2.19. The van der Waals surface area contributed by atoms with E-state index in [-0.39, 0.29) is 18.7 Å². The van der Waals surface area contributed by atoms with Crippen molar-refractivity contribution >= 4 is 17.8 Å². The fourth-order valence-electron chi connectivity index (χ4n) is 1.57. The van der Waals surface area contributed by atoms with Crippen LogP contribution in [0.2, 0.25) is 0 Å². The number of amides is 2. The average Bonchev–Trinajstić information content (AvgIpc) is 2.36. The van der Waals surface area contributed by atoms with Crippen LogP contribution >= 0.6 is 0 Å². The second-order valence-electron chi connectivity index (χ2n) is 4.12. The summed E-state index contributed by atoms with van der Waals surface area (Å²) in [7, 11) is 0. The molecule has 0 spiro atoms. The highest BCUT2D eigenvalue weighted by atomic mass is 16.5. The summed E-state index contributed by atoms with van der Waals surface area (Å²) in [5.74, 6) is -1.62. The standard InChI is InChI=1S/C11H18N2O5/c1-8(11(16)17)12-9(14)2-3-10(15)13-4-6-18-7-5-13/h8H,2-7H2,1H3,(H,12,14)(H,16,17)/t8-/m1/s1. The molecule has 2 N–H and O–H groups in total. The smallest absolute Gasteiger partial charge is 0.325 e. The predicted octanol–water partition coefficient (Wildman–Crippen LogP) is -0.785. The van der Waals surface area contributed by atoms with Gasteiger partial charge in [-0.05, 0) is 6.92 Å². The number of hydrogen-bond donors (Lipinski definition) is 2. The zero-order valence-electron chi connectivity index (χ0n) is 10.3. The highest BCUT2D eigenvalue weighted by Crippen LogP contribution is 2.02. The molecule has 0 unspecified atom stereocenters. The lowest BCUT2D eigenvalue weighted by Crippen LogP contribution is -2.42. The summed E-state index contributed by atoms with van der Waals surface area (Å²) in [5.41, 5.74) is 0. The Bertz CT molecular complexity index is 325. The molecule has 0 radical (unpaired) electrons. The van der Waals surface area contributed by atoms with E-state index in [1.54, 1.807) is 4.90 Å². The van der Waals surface area contributed by atoms with E-state index in [0.29, 0.717) is 26.3 Å². The molecule has 0 aromatic heterocycles. The molecule has 0 saturated carbocycles. The third-order valence-electron chi connectivity index (χ3n) is 2.68. The third-order valence-corrected chi connectivity index (χ3v) is 2.68. The maximum Gasteiger partial charge on any atom is 0.325 e. The molecule has 1 aliphatic rings. The van der Waals surface area contributed by atoms with E-state index in [1.165, 1.54) is 6.92 Å². The van der Waals surface area contributed by atoms with Crippen molar-refractivity contribution in [2.24, 2.45) is 0 Å². The van der Waals surface area contributed by atoms with Crippen LogP contribution in [0.15, 0.2) is 0 Å². The minimum Gasteiger partial charge on any atom is -0.480 e. The van der Waals surface area contributed by atoms with Crippen molar-refractivity contribution in [1.82, 2.24) is 10.2 Å². The lowest BCUT2D eigenvalue weighted by molar-refractivity contribution is -0.141. The maximum atomic E-state index is 11.7. The van der Waals surface area contributed by atoms with Gasteiger partial charge in [-0.2, -0.15) is 0 Å². The average molecular weight is 258 g/mol. The molecule has 0 aliphatic carbocycles. The number of carbonyl (C=O) groups excluding carboxylic acids is 2. The number of carboxylic acids is 1. The number of ether oxygens (including phenoxy) is 1. The lowest BCUT2D eigenvalue weighted by Gasteiger charge is -2.26. The van der Waals surface area contributed by atoms with Crippen LogP contribution in [0.4, 0.5) is 0 Å². The van der Waals surface area contributed by atoms with E-state index >= 15 is 0 Å². The fraction of sp³-hybridized carbons (Fsp3) is 0.727. The lowest BCUT2D eigenvalue weighted by atomic mass is 10.2. The van der Waals surface area contributed by atoms with Crippen LogP contribution < -0.4 is 5.32 Å². The number of carbonyl (C=O) groups is 3. The monoisotopic (exact) mass is 258 g/mol. The van der Waals surface area contributed by atoms with Crippen molar-refractivity contribution in [1.29, 1.82) is 0 Å². The van der Waals surface area contributed by atoms with Gasteiger partial charge in [-0.25, -0.2) is 0 Å². The molecule has 0 aromatic rings. The minimum atomic E-state index is -1.09. The summed E-state index contributed by atoms with van der Waals surface area (Å²) in [5, 5.41) is 10.9. The number of morpholine rings is 1. The Labute approximate surface area is 105 Å². The van der Waals surface area contributed by atoms with Gasteiger partial charge in [0.05, 0.1) is 13.2 Å². The van der Waals surface area contributed by atoms with E-state index in [9.17, 15) is 14.4 Å². The second kappa shape index (κ2) is 6.95. The Morgan fingerprint density at radius 1 is 1.28 bits per heavy atom. The quantitative estimate of drug-likeness (QED) is 0.674. The van der Waals surface area contributed by atoms with Crippen LogP contribution in [0, 0.1) is 0 Å². The first-order chi connectivity index (χ1) is 8.50. The van der Waals surface area contributed by atoms with Crippen molar-refractivity contribution in [2.45, 2.75) is 25.8 Å². The molecule has 1 aliphatic heterocycles. The Kier molecular flexibility index (Phi) is 5.57. The Balaban J connectivity index is 2.25. The van der Waals surface area contributed by atoms with Gasteiger partial charge >= 0.3 is 5.97 Å². The summed E-state index contributed by atoms with van der Waals surface area (Å²) in [4.78, 5) is 35.2. The molecule has 1 rings (SSSR count). The van der Waals surface area contributed by atoms with Crippen molar-refractivity contribution < 1.29 is 24.2 Å². The van der Waals surface area contributed by atoms with E-state index in [2.05, 4.69) is 5.32 Å². The van der Waals surface area contributed by atoms with E-state index in [1.807, 2.05) is 0 Å². The molecule has 102 valence electrons. The summed E-state index contributed by atoms with van der Waals surface area (Å²) in [6.45, 7) is 3.52. The number of rotatable bonds is 5. The Morgan fingerprint density at radius 2 is 1.89 bits per heavy atom. The minimum absolute atomic E-state index is 0.00775. The summed E-state index contributed by atoms with van der Waals surface area (Å²) in [6.07, 6.45) is 0.103. The van der Waals surface area contributed by atoms with Crippen molar-refractivity contribution in [3.63, 3.8) is 0 Å². The van der Waals surface area contributed by atoms with Gasteiger partial charge in [0.25, 0.3) is 0 Å². The zero-order valence-corrected chi connectivity index (χ0v) is 10.3. The molecular formula is C11H18N2O5. The van der Waals surface area contributed by atoms with Gasteiger partial charge in [0.15, 0.2) is 0 Å². The van der Waals surface area contributed by atoms with E-state index in [0.717, 1.165) is 0 Å². The number of aliphatic carboxylic acids is 1. The largest absolute Gasteiger partial charge is 0.480 e. The highest BCUT2D eigenvalue weighted by molar-refractivity contribution is 5.86. The SMILES string of the molecule is C[C@@H](NC(=O)CCC(=O)N1CCOCC1)C(=O)O. The molecular weight excluding hydrogens is 240 g/mol. The maximum absolute atomic E-state index is 11.7. The van der Waals surface area contributed by atoms with Crippen molar-refractivity contribution in [3.05, 3.63) is 0 Å². The summed E-state index contributed by atoms with van der Waals surface area (Å²) >= 11 is 0. The van der Waals surface area contributed by atoms with Crippen LogP contribution in [0.25, 0.3) is 0 Å². The summed E-state index contributed by atoms with van der Waals surface area (Å²) < 4.78 is 5.12. The fourth-order valence-corrected chi connectivity index (χ4v) is 1.57. The van der Waals surface area contributed by atoms with Gasteiger partial charge in [0.1, 0.15) is 6.04 Å². The molecule has 7 nitrogen and oxygen atoms in total. The molecule has 18 heavy (non-hydrogen) atoms. The first-order valence-corrected chi connectivity index (χ1v) is 5.88.